The molecule has 1 aromatic carbocycles. The lowest BCUT2D eigenvalue weighted by Crippen LogP contribution is -2.13. The van der Waals surface area contributed by atoms with E-state index < -0.39 is 10.0 Å². The summed E-state index contributed by atoms with van der Waals surface area (Å²) in [5.74, 6) is 0. The fraction of sp³-hybridized carbons (Fsp3) is 0. The van der Waals surface area contributed by atoms with Crippen molar-refractivity contribution in [1.29, 1.82) is 0 Å². The maximum absolute atomic E-state index is 12.3. The third-order valence-corrected chi connectivity index (χ3v) is 5.48. The van der Waals surface area contributed by atoms with Gasteiger partial charge in [-0.15, -0.1) is 11.3 Å². The van der Waals surface area contributed by atoms with Gasteiger partial charge in [0.05, 0.1) is 5.02 Å². The summed E-state index contributed by atoms with van der Waals surface area (Å²) in [6.45, 7) is 0. The van der Waals surface area contributed by atoms with E-state index >= 15 is 0 Å². The molecular weight excluding hydrogens is 316 g/mol. The highest BCUT2D eigenvalue weighted by atomic mass is 35.5. The summed E-state index contributed by atoms with van der Waals surface area (Å²) in [6, 6.07) is 8.77. The topological polar surface area (TPSA) is 59.1 Å². The minimum atomic E-state index is -3.74. The molecule has 3 aromatic rings. The lowest BCUT2D eigenvalue weighted by molar-refractivity contribution is 0.601. The predicted octanol–water partition coefficient (Wildman–Crippen LogP) is 3.75. The molecule has 2 heterocycles. The van der Waals surface area contributed by atoms with Gasteiger partial charge in [0.15, 0.2) is 0 Å². The Balaban J connectivity index is 1.99. The Bertz CT molecular complexity index is 875. The molecule has 3 rings (SSSR count). The van der Waals surface area contributed by atoms with Crippen molar-refractivity contribution in [3.63, 3.8) is 0 Å². The van der Waals surface area contributed by atoms with Gasteiger partial charge < -0.3 is 0 Å². The Kier molecular flexibility index (Phi) is 3.37. The van der Waals surface area contributed by atoms with Crippen LogP contribution in [-0.4, -0.2) is 13.4 Å². The van der Waals surface area contributed by atoms with E-state index in [-0.39, 0.29) is 9.92 Å². The highest BCUT2D eigenvalue weighted by Gasteiger charge is 2.18. The molecule has 20 heavy (non-hydrogen) atoms. The highest BCUT2D eigenvalue weighted by Crippen LogP contribution is 2.27. The molecule has 0 atom stereocenters. The number of nitrogens with one attached hydrogen (secondary N) is 1. The Labute approximate surface area is 125 Å². The van der Waals surface area contributed by atoms with Crippen LogP contribution in [0.5, 0.6) is 0 Å². The van der Waals surface area contributed by atoms with Crippen LogP contribution < -0.4 is 4.72 Å². The molecule has 0 fully saturated rings. The van der Waals surface area contributed by atoms with Gasteiger partial charge in [-0.25, -0.2) is 8.42 Å². The number of pyridine rings is 1. The number of anilines is 1. The zero-order chi connectivity index (χ0) is 14.2. The summed E-state index contributed by atoms with van der Waals surface area (Å²) in [5, 5.41) is 3.09. The molecule has 102 valence electrons. The number of hydrogen-bond donors (Lipinski definition) is 1. The van der Waals surface area contributed by atoms with Crippen LogP contribution in [-0.2, 0) is 10.0 Å². The highest BCUT2D eigenvalue weighted by molar-refractivity contribution is 7.92. The molecule has 7 heteroatoms. The number of halogens is 1. The molecule has 0 saturated carbocycles. The van der Waals surface area contributed by atoms with E-state index in [0.29, 0.717) is 5.69 Å². The number of hydrogen-bond acceptors (Lipinski definition) is 4. The van der Waals surface area contributed by atoms with E-state index in [9.17, 15) is 8.42 Å². The number of benzene rings is 1. The minimum absolute atomic E-state index is 0.0351. The zero-order valence-corrected chi connectivity index (χ0v) is 12.5. The van der Waals surface area contributed by atoms with Gasteiger partial charge in [0.1, 0.15) is 4.90 Å². The van der Waals surface area contributed by atoms with Crippen molar-refractivity contribution < 1.29 is 8.42 Å². The van der Waals surface area contributed by atoms with E-state index in [1.54, 1.807) is 23.5 Å². The Morgan fingerprint density at radius 3 is 2.85 bits per heavy atom. The Hall–Kier alpha value is -1.63. The second-order valence-corrected chi connectivity index (χ2v) is 7.09. The van der Waals surface area contributed by atoms with Crippen molar-refractivity contribution in [2.24, 2.45) is 0 Å². The van der Waals surface area contributed by atoms with Crippen LogP contribution in [0.2, 0.25) is 5.02 Å². The Morgan fingerprint density at radius 2 is 2.05 bits per heavy atom. The van der Waals surface area contributed by atoms with E-state index in [4.69, 9.17) is 11.6 Å². The first-order valence-electron chi connectivity index (χ1n) is 5.66. The van der Waals surface area contributed by atoms with Crippen molar-refractivity contribution in [1.82, 2.24) is 4.98 Å². The second-order valence-electron chi connectivity index (χ2n) is 4.08. The van der Waals surface area contributed by atoms with Crippen molar-refractivity contribution in [2.45, 2.75) is 4.90 Å². The zero-order valence-electron chi connectivity index (χ0n) is 10.1. The largest absolute Gasteiger partial charge is 0.280 e. The molecule has 0 radical (unpaired) electrons. The van der Waals surface area contributed by atoms with E-state index in [2.05, 4.69) is 9.71 Å². The average molecular weight is 325 g/mol. The van der Waals surface area contributed by atoms with Gasteiger partial charge in [-0.2, -0.15) is 0 Å². The maximum atomic E-state index is 12.3. The third kappa shape index (κ3) is 2.49. The maximum Gasteiger partial charge on any atom is 0.264 e. The van der Waals surface area contributed by atoms with Crippen LogP contribution in [0.15, 0.2) is 53.0 Å². The van der Waals surface area contributed by atoms with Crippen molar-refractivity contribution in [3.05, 3.63) is 53.1 Å². The van der Waals surface area contributed by atoms with Gasteiger partial charge >= 0.3 is 0 Å². The summed E-state index contributed by atoms with van der Waals surface area (Å²) in [7, 11) is -3.74. The van der Waals surface area contributed by atoms with Crippen LogP contribution in [0.1, 0.15) is 0 Å². The van der Waals surface area contributed by atoms with Gasteiger partial charge in [-0.1, -0.05) is 11.6 Å². The summed E-state index contributed by atoms with van der Waals surface area (Å²) in [5.41, 5.74) is 0.496. The quantitative estimate of drug-likeness (QED) is 0.798. The molecule has 0 spiro atoms. The van der Waals surface area contributed by atoms with Gasteiger partial charge in [0.2, 0.25) is 0 Å². The fourth-order valence-electron chi connectivity index (χ4n) is 1.80. The van der Waals surface area contributed by atoms with E-state index in [0.717, 1.165) is 10.1 Å². The molecule has 4 nitrogen and oxygen atoms in total. The summed E-state index contributed by atoms with van der Waals surface area (Å²) >= 11 is 7.50. The molecule has 0 aliphatic rings. The van der Waals surface area contributed by atoms with Gasteiger partial charge in [0, 0.05) is 22.8 Å². The monoisotopic (exact) mass is 324 g/mol. The average Bonchev–Trinajstić information content (AvgIpc) is 2.86. The van der Waals surface area contributed by atoms with Crippen molar-refractivity contribution >= 4 is 48.7 Å². The number of thiophene rings is 1. The molecule has 1 N–H and O–H groups in total. The molecule has 0 aliphatic carbocycles. The molecule has 0 bridgehead atoms. The van der Waals surface area contributed by atoms with Crippen molar-refractivity contribution in [2.75, 3.05) is 4.72 Å². The minimum Gasteiger partial charge on any atom is -0.280 e. The summed E-state index contributed by atoms with van der Waals surface area (Å²) in [6.07, 6.45) is 2.67. The molecule has 0 saturated heterocycles. The first-order chi connectivity index (χ1) is 9.56. The Morgan fingerprint density at radius 1 is 1.20 bits per heavy atom. The fourth-order valence-corrected chi connectivity index (χ4v) is 4.05. The number of fused-ring (bicyclic) bond motifs is 1. The molecule has 0 amide bonds. The number of nitrogens with zero attached hydrogens (tertiary/aromatic N) is 1. The van der Waals surface area contributed by atoms with E-state index in [1.165, 1.54) is 18.5 Å². The van der Waals surface area contributed by atoms with Crippen LogP contribution in [0.25, 0.3) is 10.1 Å². The van der Waals surface area contributed by atoms with Crippen LogP contribution in [0.3, 0.4) is 0 Å². The van der Waals surface area contributed by atoms with Crippen LogP contribution in [0.4, 0.5) is 5.69 Å². The van der Waals surface area contributed by atoms with Crippen LogP contribution >= 0.6 is 22.9 Å². The second kappa shape index (κ2) is 5.05. The predicted molar refractivity (Wildman–Crippen MR) is 81.9 cm³/mol. The standard InChI is InChI=1S/C13H9ClN2O2S2/c14-11-3-5-15-8-13(11)20(17,18)16-10-1-2-12-9(7-10)4-6-19-12/h1-8,16H. The normalized spacial score (nSPS) is 11.7. The first-order valence-corrected chi connectivity index (χ1v) is 8.40. The van der Waals surface area contributed by atoms with Gasteiger partial charge in [0.25, 0.3) is 10.0 Å². The summed E-state index contributed by atoms with van der Waals surface area (Å²) < 4.78 is 28.1. The smallest absolute Gasteiger partial charge is 0.264 e. The lowest BCUT2D eigenvalue weighted by Gasteiger charge is -2.09. The molecule has 2 aromatic heterocycles. The molecule has 0 aliphatic heterocycles. The molecule has 0 unspecified atom stereocenters. The number of rotatable bonds is 3. The SMILES string of the molecule is O=S(=O)(Nc1ccc2sccc2c1)c1cnccc1Cl. The number of sulfonamides is 1. The summed E-state index contributed by atoms with van der Waals surface area (Å²) in [4.78, 5) is 3.76. The first kappa shape index (κ1) is 13.4. The van der Waals surface area contributed by atoms with E-state index in [1.807, 2.05) is 17.5 Å². The van der Waals surface area contributed by atoms with Gasteiger partial charge in [-0.05, 0) is 41.1 Å². The van der Waals surface area contributed by atoms with Crippen LogP contribution in [0, 0.1) is 0 Å². The van der Waals surface area contributed by atoms with Gasteiger partial charge in [-0.3, -0.25) is 9.71 Å². The molecular formula is C13H9ClN2O2S2. The lowest BCUT2D eigenvalue weighted by atomic mass is 10.2. The van der Waals surface area contributed by atoms with Crippen molar-refractivity contribution in [3.8, 4) is 0 Å². The third-order valence-electron chi connectivity index (χ3n) is 2.73. The number of aromatic nitrogens is 1.